The number of ether oxygens (including phenoxy) is 1. The molecule has 0 spiro atoms. The summed E-state index contributed by atoms with van der Waals surface area (Å²) in [5.41, 5.74) is 3.66. The third kappa shape index (κ3) is 7.20. The maximum atomic E-state index is 14.9. The zero-order chi connectivity index (χ0) is 33.8. The molecular weight excluding hydrogens is 614 g/mol. The highest BCUT2D eigenvalue weighted by Crippen LogP contribution is 2.35. The van der Waals surface area contributed by atoms with Crippen LogP contribution in [0.25, 0.3) is 0 Å². The Labute approximate surface area is 261 Å². The monoisotopic (exact) mass is 645 g/mol. The van der Waals surface area contributed by atoms with Crippen LogP contribution >= 0.6 is 0 Å². The van der Waals surface area contributed by atoms with E-state index in [-0.39, 0.29) is 29.5 Å². The van der Waals surface area contributed by atoms with Gasteiger partial charge in [0.15, 0.2) is 0 Å². The van der Waals surface area contributed by atoms with Gasteiger partial charge in [-0.05, 0) is 56.6 Å². The molecule has 46 heavy (non-hydrogen) atoms. The van der Waals surface area contributed by atoms with E-state index in [1.807, 2.05) is 0 Å². The molecule has 0 aliphatic carbocycles. The highest BCUT2D eigenvalue weighted by molar-refractivity contribution is 6.30. The van der Waals surface area contributed by atoms with Crippen LogP contribution in [0, 0.1) is 11.2 Å². The Morgan fingerprint density at radius 2 is 1.67 bits per heavy atom. The molecule has 2 aliphatic rings. The van der Waals surface area contributed by atoms with Crippen LogP contribution in [0.1, 0.15) is 11.1 Å². The summed E-state index contributed by atoms with van der Waals surface area (Å²) in [6.45, 7) is -1.01. The van der Waals surface area contributed by atoms with E-state index in [0.29, 0.717) is 27.2 Å². The number of benzene rings is 2. The number of likely N-dealkylation sites (N-methyl/N-ethyl adjacent to an activating group) is 1. The minimum atomic E-state index is -4.97. The van der Waals surface area contributed by atoms with Crippen molar-refractivity contribution in [1.29, 1.82) is 5.41 Å². The first-order valence-electron chi connectivity index (χ1n) is 13.6. The number of hydrogen-bond acceptors (Lipinski definition) is 9. The molecule has 0 unspecified atom stereocenters. The average molecular weight is 646 g/mol. The van der Waals surface area contributed by atoms with Crippen LogP contribution in [-0.2, 0) is 22.3 Å². The number of imide groups is 1. The number of amidine groups is 1. The number of carbonyl (C=O) groups excluding carboxylic acids is 3. The molecule has 4 rings (SSSR count). The van der Waals surface area contributed by atoms with E-state index in [4.69, 9.17) is 10.1 Å². The lowest BCUT2D eigenvalue weighted by molar-refractivity contribution is -0.138. The molecule has 17 heteroatoms. The second kappa shape index (κ2) is 13.6. The van der Waals surface area contributed by atoms with Gasteiger partial charge >= 0.3 is 18.2 Å². The van der Waals surface area contributed by atoms with Crippen LogP contribution in [0.3, 0.4) is 0 Å². The topological polar surface area (TPSA) is 154 Å². The van der Waals surface area contributed by atoms with Crippen LogP contribution in [0.15, 0.2) is 77.6 Å². The number of hydrogen-bond donors (Lipinski definition) is 6. The van der Waals surface area contributed by atoms with Crippen molar-refractivity contribution >= 4 is 35.2 Å². The molecule has 5 amide bonds. The van der Waals surface area contributed by atoms with Gasteiger partial charge in [-0.1, -0.05) is 6.07 Å². The maximum Gasteiger partial charge on any atom is 0.416 e. The van der Waals surface area contributed by atoms with Crippen molar-refractivity contribution in [3.05, 3.63) is 94.5 Å². The average Bonchev–Trinajstić information content (AvgIpc) is 3.00. The van der Waals surface area contributed by atoms with Crippen molar-refractivity contribution in [3.8, 4) is 0 Å². The second-order valence-electron chi connectivity index (χ2n) is 10.2. The molecule has 2 aromatic carbocycles. The van der Waals surface area contributed by atoms with Gasteiger partial charge in [-0.2, -0.15) is 13.2 Å². The molecular formula is C29H31F4N9O4. The number of urea groups is 2. The lowest BCUT2D eigenvalue weighted by atomic mass is 10.0. The minimum Gasteiger partial charge on any atom is -0.481 e. The summed E-state index contributed by atoms with van der Waals surface area (Å²) in [5, 5.41) is 17.0. The van der Waals surface area contributed by atoms with Gasteiger partial charge in [-0.3, -0.25) is 26.0 Å². The van der Waals surface area contributed by atoms with Crippen molar-refractivity contribution in [2.75, 3.05) is 45.4 Å². The van der Waals surface area contributed by atoms with Crippen LogP contribution in [0.5, 0.6) is 0 Å². The van der Waals surface area contributed by atoms with Crippen molar-refractivity contribution < 1.29 is 36.7 Å². The third-order valence-corrected chi connectivity index (χ3v) is 6.69. The number of hydrazine groups is 1. The molecule has 2 aromatic rings. The second-order valence-corrected chi connectivity index (χ2v) is 10.2. The summed E-state index contributed by atoms with van der Waals surface area (Å²) in [6.07, 6.45) is -2.26. The first kappa shape index (κ1) is 33.3. The summed E-state index contributed by atoms with van der Waals surface area (Å²) in [4.78, 5) is 42.4. The molecule has 1 fully saturated rings. The molecule has 2 heterocycles. The largest absolute Gasteiger partial charge is 0.481 e. The Balaban J connectivity index is 1.85. The van der Waals surface area contributed by atoms with Gasteiger partial charge in [0.05, 0.1) is 19.2 Å². The van der Waals surface area contributed by atoms with Crippen molar-refractivity contribution in [2.45, 2.75) is 12.7 Å². The molecule has 244 valence electrons. The van der Waals surface area contributed by atoms with E-state index in [1.165, 1.54) is 26.3 Å². The number of allylic oxidation sites excluding steroid dienone is 2. The molecule has 0 radical (unpaired) electrons. The smallest absolute Gasteiger partial charge is 0.416 e. The predicted molar refractivity (Wildman–Crippen MR) is 160 cm³/mol. The van der Waals surface area contributed by atoms with Gasteiger partial charge < -0.3 is 25.6 Å². The molecule has 2 aliphatic heterocycles. The lowest BCUT2D eigenvalue weighted by Gasteiger charge is -2.38. The Hall–Kier alpha value is -5.58. The van der Waals surface area contributed by atoms with Gasteiger partial charge in [0.2, 0.25) is 5.88 Å². The SMILES string of the molecule is CNC(=O)Nc1ccc(N/C(CN(C)C)=C2\C(=N)N(Cc3c(F)cccc3C(F)(F)F)C(=O)N(C3=CC=C(OC)NN3)C2=O)cc1. The summed E-state index contributed by atoms with van der Waals surface area (Å²) in [5.74, 6) is -2.88. The maximum absolute atomic E-state index is 14.9. The number of amides is 5. The first-order chi connectivity index (χ1) is 21.7. The van der Waals surface area contributed by atoms with E-state index in [0.717, 1.165) is 12.1 Å². The number of nitrogens with one attached hydrogen (secondary N) is 6. The summed E-state index contributed by atoms with van der Waals surface area (Å²) in [6, 6.07) is 7.05. The number of carbonyl (C=O) groups is 3. The van der Waals surface area contributed by atoms with Gasteiger partial charge in [0.25, 0.3) is 5.91 Å². The van der Waals surface area contributed by atoms with E-state index < -0.39 is 53.5 Å². The van der Waals surface area contributed by atoms with Crippen LogP contribution in [0.4, 0.5) is 38.5 Å². The zero-order valence-corrected chi connectivity index (χ0v) is 25.1. The van der Waals surface area contributed by atoms with Gasteiger partial charge in [-0.15, -0.1) is 0 Å². The lowest BCUT2D eigenvalue weighted by Crippen LogP contribution is -2.59. The number of nitrogens with zero attached hydrogens (tertiary/aromatic N) is 3. The van der Waals surface area contributed by atoms with E-state index in [2.05, 4.69) is 26.8 Å². The number of methoxy groups -OCH3 is 1. The fraction of sp³-hybridized carbons (Fsp3) is 0.241. The van der Waals surface area contributed by atoms with Gasteiger partial charge in [0.1, 0.15) is 23.0 Å². The van der Waals surface area contributed by atoms with Crippen LogP contribution < -0.4 is 26.8 Å². The Bertz CT molecular complexity index is 1640. The molecule has 1 saturated heterocycles. The minimum absolute atomic E-state index is 0.00349. The fourth-order valence-electron chi connectivity index (χ4n) is 4.54. The predicted octanol–water partition coefficient (Wildman–Crippen LogP) is 3.70. The summed E-state index contributed by atoms with van der Waals surface area (Å²) in [7, 11) is 6.18. The number of halogens is 4. The summed E-state index contributed by atoms with van der Waals surface area (Å²) >= 11 is 0. The highest BCUT2D eigenvalue weighted by Gasteiger charge is 2.45. The molecule has 0 aromatic heterocycles. The van der Waals surface area contributed by atoms with Crippen LogP contribution in [-0.4, -0.2) is 73.3 Å². The molecule has 0 bridgehead atoms. The fourth-order valence-corrected chi connectivity index (χ4v) is 4.54. The normalized spacial score (nSPS) is 16.3. The number of rotatable bonds is 9. The van der Waals surface area contributed by atoms with Gasteiger partial charge in [-0.25, -0.2) is 18.9 Å². The first-order valence-corrected chi connectivity index (χ1v) is 13.6. The molecule has 6 N–H and O–H groups in total. The standard InChI is InChI=1S/C29H31F4N9O4/c1-35-27(44)37-17-10-8-16(9-11-17)36-21(15-40(2)3)24-25(34)41(14-18-19(29(31,32)33)6-5-7-20(18)30)28(45)42(26(24)43)22-12-13-23(46-4)39-38-22/h5-13,34,36,38-39H,14-15H2,1-4H3,(H2,35,37,44)/b24-21+,34-25?. The number of alkyl halides is 3. The molecule has 0 atom stereocenters. The summed E-state index contributed by atoms with van der Waals surface area (Å²) < 4.78 is 61.7. The quantitative estimate of drug-likeness (QED) is 0.178. The van der Waals surface area contributed by atoms with Crippen molar-refractivity contribution in [2.24, 2.45) is 0 Å². The van der Waals surface area contributed by atoms with E-state index in [9.17, 15) is 31.9 Å². The molecule has 0 saturated carbocycles. The Kier molecular flexibility index (Phi) is 9.85. The van der Waals surface area contributed by atoms with E-state index >= 15 is 0 Å². The van der Waals surface area contributed by atoms with E-state index in [1.54, 1.807) is 43.3 Å². The number of anilines is 2. The zero-order valence-electron chi connectivity index (χ0n) is 25.1. The van der Waals surface area contributed by atoms with Gasteiger partial charge in [0, 0.05) is 42.3 Å². The Morgan fingerprint density at radius 1 is 1.02 bits per heavy atom. The van der Waals surface area contributed by atoms with Crippen molar-refractivity contribution in [1.82, 2.24) is 30.9 Å². The third-order valence-electron chi connectivity index (χ3n) is 6.69. The van der Waals surface area contributed by atoms with Crippen LogP contribution in [0.2, 0.25) is 0 Å². The molecule has 13 nitrogen and oxygen atoms in total. The highest BCUT2D eigenvalue weighted by atomic mass is 19.4. The Morgan fingerprint density at radius 3 is 2.22 bits per heavy atom. The van der Waals surface area contributed by atoms with Crippen molar-refractivity contribution in [3.63, 3.8) is 0 Å².